The predicted molar refractivity (Wildman–Crippen MR) is 103 cm³/mol. The van der Waals surface area contributed by atoms with E-state index in [0.29, 0.717) is 62.8 Å². The Bertz CT molecular complexity index is 650. The van der Waals surface area contributed by atoms with Crippen LogP contribution in [0.3, 0.4) is 0 Å². The van der Waals surface area contributed by atoms with Gasteiger partial charge >= 0.3 is 0 Å². The summed E-state index contributed by atoms with van der Waals surface area (Å²) in [7, 11) is 0. The summed E-state index contributed by atoms with van der Waals surface area (Å²) in [6.07, 6.45) is 1.84. The number of hydrogen-bond acceptors (Lipinski definition) is 4. The van der Waals surface area contributed by atoms with Crippen molar-refractivity contribution in [3.8, 4) is 0 Å². The molecule has 0 bridgehead atoms. The number of benzene rings is 1. The monoisotopic (exact) mass is 401 g/mol. The first-order chi connectivity index (χ1) is 12.0. The van der Waals surface area contributed by atoms with Crippen molar-refractivity contribution in [3.05, 3.63) is 34.9 Å². The van der Waals surface area contributed by atoms with Crippen LogP contribution < -0.4 is 5.73 Å². The van der Waals surface area contributed by atoms with E-state index in [2.05, 4.69) is 0 Å². The van der Waals surface area contributed by atoms with Crippen LogP contribution in [0.15, 0.2) is 24.3 Å². The van der Waals surface area contributed by atoms with E-state index < -0.39 is 5.54 Å². The maximum atomic E-state index is 12.8. The standard InChI is InChI=1S/C18H24ClN3O3.ClH/c19-15-4-1-3-14(13-15)16(23)21-7-2-8-22(10-9-21)17(24)18(20)5-11-25-12-6-18;/h1,3-4,13H,2,5-12,20H2;1H. The van der Waals surface area contributed by atoms with Crippen LogP contribution in [-0.2, 0) is 9.53 Å². The number of rotatable bonds is 2. The second-order valence-electron chi connectivity index (χ2n) is 6.72. The smallest absolute Gasteiger partial charge is 0.253 e. The molecule has 2 amide bonds. The molecular weight excluding hydrogens is 377 g/mol. The van der Waals surface area contributed by atoms with Gasteiger partial charge in [0.1, 0.15) is 0 Å². The molecular formula is C18H25Cl2N3O3. The summed E-state index contributed by atoms with van der Waals surface area (Å²) in [5.74, 6) is -0.0711. The zero-order valence-corrected chi connectivity index (χ0v) is 16.2. The summed E-state index contributed by atoms with van der Waals surface area (Å²) in [5.41, 5.74) is 6.07. The largest absolute Gasteiger partial charge is 0.381 e. The molecule has 0 aromatic heterocycles. The molecule has 0 atom stereocenters. The first-order valence-corrected chi connectivity index (χ1v) is 9.08. The molecule has 2 aliphatic rings. The molecule has 2 saturated heterocycles. The molecule has 3 rings (SSSR count). The van der Waals surface area contributed by atoms with E-state index in [9.17, 15) is 9.59 Å². The van der Waals surface area contributed by atoms with Gasteiger partial charge in [0, 0.05) is 50.0 Å². The number of carbonyl (C=O) groups is 2. The number of ether oxygens (including phenoxy) is 1. The number of halogens is 2. The molecule has 2 N–H and O–H groups in total. The van der Waals surface area contributed by atoms with Gasteiger partial charge in [0.05, 0.1) is 5.54 Å². The Hall–Kier alpha value is -1.34. The number of carbonyl (C=O) groups excluding carboxylic acids is 2. The number of hydrogen-bond donors (Lipinski definition) is 1. The van der Waals surface area contributed by atoms with Crippen molar-refractivity contribution in [1.82, 2.24) is 9.80 Å². The molecule has 144 valence electrons. The highest BCUT2D eigenvalue weighted by Gasteiger charge is 2.39. The van der Waals surface area contributed by atoms with E-state index in [1.165, 1.54) is 0 Å². The van der Waals surface area contributed by atoms with Gasteiger partial charge in [-0.05, 0) is 37.5 Å². The van der Waals surface area contributed by atoms with E-state index in [1.54, 1.807) is 34.1 Å². The number of nitrogens with two attached hydrogens (primary N) is 1. The van der Waals surface area contributed by atoms with Crippen LogP contribution >= 0.6 is 24.0 Å². The molecule has 2 aliphatic heterocycles. The molecule has 2 heterocycles. The molecule has 1 aromatic carbocycles. The van der Waals surface area contributed by atoms with Gasteiger partial charge < -0.3 is 20.3 Å². The predicted octanol–water partition coefficient (Wildman–Crippen LogP) is 1.94. The lowest BCUT2D eigenvalue weighted by Gasteiger charge is -2.36. The molecule has 6 nitrogen and oxygen atoms in total. The molecule has 0 aliphatic carbocycles. The summed E-state index contributed by atoms with van der Waals surface area (Å²) >= 11 is 5.98. The third-order valence-electron chi connectivity index (χ3n) is 4.95. The van der Waals surface area contributed by atoms with E-state index in [1.807, 2.05) is 0 Å². The van der Waals surface area contributed by atoms with Crippen LogP contribution in [0.1, 0.15) is 29.6 Å². The minimum Gasteiger partial charge on any atom is -0.381 e. The molecule has 2 fully saturated rings. The fraction of sp³-hybridized carbons (Fsp3) is 0.556. The summed E-state index contributed by atoms with van der Waals surface area (Å²) in [4.78, 5) is 29.1. The SMILES string of the molecule is Cl.NC1(C(=O)N2CCCN(C(=O)c3cccc(Cl)c3)CC2)CCOCC1. The van der Waals surface area contributed by atoms with Crippen LogP contribution in [0.5, 0.6) is 0 Å². The Morgan fingerprint density at radius 3 is 2.42 bits per heavy atom. The average Bonchev–Trinajstić information content (AvgIpc) is 2.87. The minimum atomic E-state index is -0.829. The molecule has 26 heavy (non-hydrogen) atoms. The van der Waals surface area contributed by atoms with E-state index in [-0.39, 0.29) is 24.2 Å². The third-order valence-corrected chi connectivity index (χ3v) is 5.19. The van der Waals surface area contributed by atoms with Crippen LogP contribution in [-0.4, -0.2) is 66.5 Å². The maximum absolute atomic E-state index is 12.8. The van der Waals surface area contributed by atoms with Crippen LogP contribution in [0.25, 0.3) is 0 Å². The van der Waals surface area contributed by atoms with Gasteiger partial charge in [0.25, 0.3) is 5.91 Å². The molecule has 0 radical (unpaired) electrons. The lowest BCUT2D eigenvalue weighted by atomic mass is 9.89. The van der Waals surface area contributed by atoms with Crippen molar-refractivity contribution in [2.24, 2.45) is 5.73 Å². The van der Waals surface area contributed by atoms with Crippen LogP contribution in [0, 0.1) is 0 Å². The number of nitrogens with zero attached hydrogens (tertiary/aromatic N) is 2. The van der Waals surface area contributed by atoms with E-state index >= 15 is 0 Å². The van der Waals surface area contributed by atoms with Crippen molar-refractivity contribution in [3.63, 3.8) is 0 Å². The van der Waals surface area contributed by atoms with Crippen LogP contribution in [0.4, 0.5) is 0 Å². The zero-order chi connectivity index (χ0) is 17.9. The lowest BCUT2D eigenvalue weighted by molar-refractivity contribution is -0.140. The van der Waals surface area contributed by atoms with Gasteiger partial charge in [0.2, 0.25) is 5.91 Å². The fourth-order valence-corrected chi connectivity index (χ4v) is 3.58. The average molecular weight is 402 g/mol. The molecule has 1 aromatic rings. The fourth-order valence-electron chi connectivity index (χ4n) is 3.39. The highest BCUT2D eigenvalue weighted by molar-refractivity contribution is 6.30. The summed E-state index contributed by atoms with van der Waals surface area (Å²) in [5, 5.41) is 0.544. The first-order valence-electron chi connectivity index (χ1n) is 8.70. The van der Waals surface area contributed by atoms with E-state index in [0.717, 1.165) is 6.42 Å². The van der Waals surface area contributed by atoms with Crippen molar-refractivity contribution in [1.29, 1.82) is 0 Å². The normalized spacial score (nSPS) is 20.1. The van der Waals surface area contributed by atoms with Gasteiger partial charge in [-0.25, -0.2) is 0 Å². The highest BCUT2D eigenvalue weighted by atomic mass is 35.5. The second kappa shape index (κ2) is 9.04. The molecule has 0 spiro atoms. The highest BCUT2D eigenvalue weighted by Crippen LogP contribution is 2.22. The van der Waals surface area contributed by atoms with Crippen molar-refractivity contribution in [2.75, 3.05) is 39.4 Å². The van der Waals surface area contributed by atoms with Crippen LogP contribution in [0.2, 0.25) is 5.02 Å². The van der Waals surface area contributed by atoms with Gasteiger partial charge in [-0.3, -0.25) is 9.59 Å². The lowest BCUT2D eigenvalue weighted by Crippen LogP contribution is -2.58. The van der Waals surface area contributed by atoms with Gasteiger partial charge in [-0.2, -0.15) is 0 Å². The quantitative estimate of drug-likeness (QED) is 0.821. The summed E-state index contributed by atoms with van der Waals surface area (Å²) < 4.78 is 5.32. The van der Waals surface area contributed by atoms with Crippen molar-refractivity contribution >= 4 is 35.8 Å². The maximum Gasteiger partial charge on any atom is 0.253 e. The Balaban J connectivity index is 0.00000243. The third kappa shape index (κ3) is 4.68. The van der Waals surface area contributed by atoms with Gasteiger partial charge in [-0.1, -0.05) is 17.7 Å². The zero-order valence-electron chi connectivity index (χ0n) is 14.7. The summed E-state index contributed by atoms with van der Waals surface area (Å²) in [6, 6.07) is 6.95. The van der Waals surface area contributed by atoms with Crippen molar-refractivity contribution < 1.29 is 14.3 Å². The topological polar surface area (TPSA) is 75.9 Å². The Morgan fingerprint density at radius 1 is 1.08 bits per heavy atom. The van der Waals surface area contributed by atoms with Gasteiger partial charge in [0.15, 0.2) is 0 Å². The Labute approximate surface area is 165 Å². The second-order valence-corrected chi connectivity index (χ2v) is 7.15. The molecule has 8 heteroatoms. The first kappa shape index (κ1) is 21.0. The number of amides is 2. The van der Waals surface area contributed by atoms with Crippen molar-refractivity contribution in [2.45, 2.75) is 24.8 Å². The molecule has 0 saturated carbocycles. The molecule has 0 unspecified atom stereocenters. The Morgan fingerprint density at radius 2 is 1.73 bits per heavy atom. The van der Waals surface area contributed by atoms with Gasteiger partial charge in [-0.15, -0.1) is 12.4 Å². The minimum absolute atomic E-state index is 0. The summed E-state index contributed by atoms with van der Waals surface area (Å²) in [6.45, 7) is 3.30. The van der Waals surface area contributed by atoms with E-state index in [4.69, 9.17) is 22.1 Å². The Kier molecular flexibility index (Phi) is 7.29.